The van der Waals surface area contributed by atoms with Gasteiger partial charge in [-0.25, -0.2) is 4.79 Å². The third-order valence-corrected chi connectivity index (χ3v) is 3.26. The Kier molecular flexibility index (Phi) is 7.98. The van der Waals surface area contributed by atoms with Gasteiger partial charge in [-0.05, 0) is 54.8 Å². The molecule has 2 aromatic rings. The van der Waals surface area contributed by atoms with Crippen molar-refractivity contribution in [2.75, 3.05) is 0 Å². The van der Waals surface area contributed by atoms with Crippen LogP contribution in [-0.4, -0.2) is 11.1 Å². The number of hydrogen-bond donors (Lipinski definition) is 1. The molecule has 1 N–H and O–H groups in total. The van der Waals surface area contributed by atoms with Crippen molar-refractivity contribution in [2.24, 2.45) is 0 Å². The van der Waals surface area contributed by atoms with E-state index in [1.807, 2.05) is 12.1 Å². The van der Waals surface area contributed by atoms with Crippen LogP contribution in [0.25, 0.3) is 0 Å². The number of unbranched alkanes of at least 4 members (excludes halogenated alkanes) is 1. The van der Waals surface area contributed by atoms with E-state index in [0.29, 0.717) is 0 Å². The average molecular weight is 302 g/mol. The van der Waals surface area contributed by atoms with Gasteiger partial charge in [0.2, 0.25) is 0 Å². The first-order valence-corrected chi connectivity index (χ1v) is 7.13. The SMILES string of the molecule is CCCCc1ccc(C#Cc2ccc(C(=O)O)cc2)cc1.[H-].[Na+]. The first-order valence-electron chi connectivity index (χ1n) is 7.13. The summed E-state index contributed by atoms with van der Waals surface area (Å²) in [6.07, 6.45) is 3.52. The van der Waals surface area contributed by atoms with Gasteiger partial charge in [-0.1, -0.05) is 37.3 Å². The molecule has 108 valence electrons. The number of carbonyl (C=O) groups is 1. The summed E-state index contributed by atoms with van der Waals surface area (Å²) in [5, 5.41) is 8.84. The third-order valence-electron chi connectivity index (χ3n) is 3.26. The van der Waals surface area contributed by atoms with Gasteiger partial charge in [0.25, 0.3) is 0 Å². The van der Waals surface area contributed by atoms with E-state index < -0.39 is 5.97 Å². The molecule has 0 unspecified atom stereocenters. The van der Waals surface area contributed by atoms with E-state index in [-0.39, 0.29) is 36.5 Å². The molecule has 2 rings (SSSR count). The molecule has 0 spiro atoms. The van der Waals surface area contributed by atoms with Gasteiger partial charge in [0.15, 0.2) is 0 Å². The van der Waals surface area contributed by atoms with Crippen LogP contribution < -0.4 is 29.6 Å². The molecular weight excluding hydrogens is 283 g/mol. The van der Waals surface area contributed by atoms with Crippen LogP contribution in [0.3, 0.4) is 0 Å². The van der Waals surface area contributed by atoms with E-state index >= 15 is 0 Å². The quantitative estimate of drug-likeness (QED) is 0.682. The Hall–Kier alpha value is -1.53. The molecule has 0 atom stereocenters. The minimum Gasteiger partial charge on any atom is -1.00 e. The van der Waals surface area contributed by atoms with Crippen molar-refractivity contribution in [2.45, 2.75) is 26.2 Å². The van der Waals surface area contributed by atoms with Crippen LogP contribution in [0, 0.1) is 11.8 Å². The van der Waals surface area contributed by atoms with Gasteiger partial charge < -0.3 is 6.53 Å². The molecular formula is C19H19NaO2. The number of carboxylic acids is 1. The number of aryl methyl sites for hydroxylation is 1. The van der Waals surface area contributed by atoms with E-state index in [2.05, 4.69) is 30.9 Å². The van der Waals surface area contributed by atoms with Crippen LogP contribution in [0.4, 0.5) is 0 Å². The van der Waals surface area contributed by atoms with Gasteiger partial charge >= 0.3 is 35.5 Å². The molecule has 0 saturated carbocycles. The molecule has 3 heteroatoms. The van der Waals surface area contributed by atoms with Crippen LogP contribution in [0.15, 0.2) is 48.5 Å². The Morgan fingerprint density at radius 1 is 1.00 bits per heavy atom. The fourth-order valence-electron chi connectivity index (χ4n) is 1.98. The standard InChI is InChI=1S/C19H18O2.Na.H/c1-2-3-4-15-5-7-16(8-6-15)9-10-17-11-13-18(14-12-17)19(20)21;;/h5-8,11-14H,2-4H2,1H3,(H,20,21);;/q;+1;-1. The predicted molar refractivity (Wildman–Crippen MR) is 85.5 cm³/mol. The minimum absolute atomic E-state index is 0. The molecule has 0 bridgehead atoms. The summed E-state index contributed by atoms with van der Waals surface area (Å²) in [4.78, 5) is 10.8. The zero-order valence-electron chi connectivity index (χ0n) is 14.1. The number of benzene rings is 2. The Balaban J connectivity index is 0.00000242. The second-order valence-corrected chi connectivity index (χ2v) is 4.93. The number of carboxylic acid groups (broad SMARTS) is 1. The summed E-state index contributed by atoms with van der Waals surface area (Å²) < 4.78 is 0. The van der Waals surface area contributed by atoms with E-state index in [1.54, 1.807) is 24.3 Å². The van der Waals surface area contributed by atoms with Gasteiger partial charge in [0, 0.05) is 11.1 Å². The molecule has 0 amide bonds. The van der Waals surface area contributed by atoms with Crippen LogP contribution in [0.5, 0.6) is 0 Å². The average Bonchev–Trinajstić information content (AvgIpc) is 2.52. The van der Waals surface area contributed by atoms with Crippen LogP contribution in [0.2, 0.25) is 0 Å². The van der Waals surface area contributed by atoms with Gasteiger partial charge in [-0.15, -0.1) is 0 Å². The zero-order chi connectivity index (χ0) is 15.1. The molecule has 0 aliphatic carbocycles. The second kappa shape index (κ2) is 9.48. The van der Waals surface area contributed by atoms with Crippen molar-refractivity contribution >= 4 is 5.97 Å². The largest absolute Gasteiger partial charge is 1.00 e. The van der Waals surface area contributed by atoms with E-state index in [1.165, 1.54) is 18.4 Å². The van der Waals surface area contributed by atoms with Gasteiger partial charge in [-0.3, -0.25) is 0 Å². The van der Waals surface area contributed by atoms with Gasteiger partial charge in [-0.2, -0.15) is 0 Å². The van der Waals surface area contributed by atoms with Crippen LogP contribution >= 0.6 is 0 Å². The Bertz CT molecular complexity index is 667. The molecule has 22 heavy (non-hydrogen) atoms. The molecule has 0 fully saturated rings. The minimum atomic E-state index is -0.919. The van der Waals surface area contributed by atoms with E-state index in [0.717, 1.165) is 17.5 Å². The summed E-state index contributed by atoms with van der Waals surface area (Å²) in [6, 6.07) is 14.9. The predicted octanol–water partition coefficient (Wildman–Crippen LogP) is 1.24. The summed E-state index contributed by atoms with van der Waals surface area (Å²) in [5.41, 5.74) is 3.40. The summed E-state index contributed by atoms with van der Waals surface area (Å²) in [6.45, 7) is 2.19. The van der Waals surface area contributed by atoms with Crippen LogP contribution in [0.1, 0.15) is 48.2 Å². The summed E-state index contributed by atoms with van der Waals surface area (Å²) in [5.74, 6) is 5.22. The zero-order valence-corrected chi connectivity index (χ0v) is 15.1. The van der Waals surface area contributed by atoms with Crippen molar-refractivity contribution in [3.05, 3.63) is 70.8 Å². The number of hydrogen-bond acceptors (Lipinski definition) is 1. The van der Waals surface area contributed by atoms with E-state index in [9.17, 15) is 4.79 Å². The molecule has 0 aliphatic rings. The molecule has 2 nitrogen and oxygen atoms in total. The van der Waals surface area contributed by atoms with Gasteiger partial charge in [0.1, 0.15) is 0 Å². The van der Waals surface area contributed by atoms with Crippen LogP contribution in [-0.2, 0) is 6.42 Å². The number of aromatic carboxylic acids is 1. The maximum absolute atomic E-state index is 10.8. The molecule has 2 aromatic carbocycles. The Labute approximate surface area is 155 Å². The summed E-state index contributed by atoms with van der Waals surface area (Å²) in [7, 11) is 0. The monoisotopic (exact) mass is 302 g/mol. The van der Waals surface area contributed by atoms with Crippen molar-refractivity contribution in [1.29, 1.82) is 0 Å². The maximum atomic E-state index is 10.8. The maximum Gasteiger partial charge on any atom is 1.00 e. The van der Waals surface area contributed by atoms with Crippen molar-refractivity contribution < 1.29 is 40.9 Å². The van der Waals surface area contributed by atoms with Crippen molar-refractivity contribution in [3.8, 4) is 11.8 Å². The fraction of sp³-hybridized carbons (Fsp3) is 0.211. The topological polar surface area (TPSA) is 37.3 Å². The van der Waals surface area contributed by atoms with Gasteiger partial charge in [0.05, 0.1) is 5.56 Å². The third kappa shape index (κ3) is 5.69. The summed E-state index contributed by atoms with van der Waals surface area (Å²) >= 11 is 0. The molecule has 0 radical (unpaired) electrons. The van der Waals surface area contributed by atoms with E-state index in [4.69, 9.17) is 5.11 Å². The smallest absolute Gasteiger partial charge is 1.00 e. The number of rotatable bonds is 4. The molecule has 0 heterocycles. The van der Waals surface area contributed by atoms with Crippen molar-refractivity contribution in [3.63, 3.8) is 0 Å². The molecule has 0 aliphatic heterocycles. The second-order valence-electron chi connectivity index (χ2n) is 4.93. The first-order chi connectivity index (χ1) is 10.2. The molecule has 0 saturated heterocycles. The fourth-order valence-corrected chi connectivity index (χ4v) is 1.98. The molecule has 0 aromatic heterocycles. The Morgan fingerprint density at radius 2 is 1.50 bits per heavy atom. The first kappa shape index (κ1) is 18.5. The van der Waals surface area contributed by atoms with Crippen molar-refractivity contribution in [1.82, 2.24) is 0 Å². The normalized spacial score (nSPS) is 9.32. The Morgan fingerprint density at radius 3 is 1.95 bits per heavy atom.